The number of rotatable bonds is 0. The lowest BCUT2D eigenvalue weighted by Gasteiger charge is -2.08. The van der Waals surface area contributed by atoms with E-state index >= 15 is 0 Å². The maximum atomic E-state index is 9.17. The minimum absolute atomic E-state index is 0.343. The number of hydrogen-bond donors (Lipinski definition) is 0. The molecule has 1 saturated carbocycles. The van der Waals surface area contributed by atoms with Crippen LogP contribution in [0.5, 0.6) is 0 Å². The monoisotopic (exact) mass is 263 g/mol. The van der Waals surface area contributed by atoms with Crippen molar-refractivity contribution in [3.63, 3.8) is 0 Å². The molecule has 0 atom stereocenters. The summed E-state index contributed by atoms with van der Waals surface area (Å²) in [5.41, 5.74) is 0. The molecule has 19 heavy (non-hydrogen) atoms. The van der Waals surface area contributed by atoms with E-state index in [1.807, 2.05) is 0 Å². The van der Waals surface area contributed by atoms with Gasteiger partial charge in [-0.1, -0.05) is 89.9 Å². The van der Waals surface area contributed by atoms with Crippen LogP contribution in [0.25, 0.3) is 0 Å². The zero-order valence-corrected chi connectivity index (χ0v) is 12.8. The predicted octanol–water partition coefficient (Wildman–Crippen LogP) is 6.38. The Morgan fingerprint density at radius 3 is 1.00 bits per heavy atom. The minimum Gasteiger partial charge on any atom is -0.198 e. The van der Waals surface area contributed by atoms with E-state index in [0.29, 0.717) is 5.92 Å². The average molecular weight is 263 g/mol. The summed E-state index contributed by atoms with van der Waals surface area (Å²) < 4.78 is 0. The average Bonchev–Trinajstić information content (AvgIpc) is 2.44. The van der Waals surface area contributed by atoms with Gasteiger partial charge in [0.15, 0.2) is 0 Å². The highest BCUT2D eigenvalue weighted by atomic mass is 14.3. The summed E-state index contributed by atoms with van der Waals surface area (Å²) in [6.07, 6.45) is 21.8. The summed E-state index contributed by atoms with van der Waals surface area (Å²) >= 11 is 0. The van der Waals surface area contributed by atoms with E-state index in [0.717, 1.165) is 12.8 Å². The molecule has 0 radical (unpaired) electrons. The van der Waals surface area contributed by atoms with Crippen LogP contribution in [0.15, 0.2) is 0 Å². The number of hydrogen-bond acceptors (Lipinski definition) is 1. The molecule has 1 rings (SSSR count). The van der Waals surface area contributed by atoms with Gasteiger partial charge in [0, 0.05) is 5.92 Å². The van der Waals surface area contributed by atoms with Gasteiger partial charge in [0.1, 0.15) is 0 Å². The minimum atomic E-state index is 0.343. The van der Waals surface area contributed by atoms with Gasteiger partial charge in [-0.2, -0.15) is 5.26 Å². The fraction of sp³-hybridized carbons (Fsp3) is 0.944. The van der Waals surface area contributed by atoms with Crippen molar-refractivity contribution in [2.24, 2.45) is 5.92 Å². The zero-order chi connectivity index (χ0) is 13.6. The van der Waals surface area contributed by atoms with Crippen LogP contribution >= 0.6 is 0 Å². The molecular weight excluding hydrogens is 230 g/mol. The van der Waals surface area contributed by atoms with Crippen LogP contribution in [-0.2, 0) is 0 Å². The molecule has 0 amide bonds. The van der Waals surface area contributed by atoms with Crippen LogP contribution in [0, 0.1) is 17.2 Å². The third-order valence-electron chi connectivity index (χ3n) is 4.54. The summed E-state index contributed by atoms with van der Waals surface area (Å²) in [6.45, 7) is 0. The molecule has 0 aliphatic heterocycles. The van der Waals surface area contributed by atoms with Gasteiger partial charge in [-0.3, -0.25) is 0 Å². The van der Waals surface area contributed by atoms with Crippen molar-refractivity contribution in [1.29, 1.82) is 5.26 Å². The number of nitriles is 1. The Labute approximate surface area is 120 Å². The fourth-order valence-corrected chi connectivity index (χ4v) is 3.18. The lowest BCUT2D eigenvalue weighted by molar-refractivity contribution is 0.474. The lowest BCUT2D eigenvalue weighted by atomic mass is 9.95. The van der Waals surface area contributed by atoms with Crippen molar-refractivity contribution in [3.8, 4) is 6.07 Å². The Kier molecular flexibility index (Phi) is 10.9. The van der Waals surface area contributed by atoms with E-state index in [2.05, 4.69) is 6.07 Å². The fourth-order valence-electron chi connectivity index (χ4n) is 3.18. The first-order valence-electron chi connectivity index (χ1n) is 8.83. The van der Waals surface area contributed by atoms with E-state index in [9.17, 15) is 0 Å². The third-order valence-corrected chi connectivity index (χ3v) is 4.54. The van der Waals surface area contributed by atoms with Crippen molar-refractivity contribution in [1.82, 2.24) is 0 Å². The highest BCUT2D eigenvalue weighted by Gasteiger charge is 2.06. The second kappa shape index (κ2) is 12.5. The molecule has 1 heteroatoms. The summed E-state index contributed by atoms with van der Waals surface area (Å²) in [7, 11) is 0. The summed E-state index contributed by atoms with van der Waals surface area (Å²) in [6, 6.07) is 2.52. The van der Waals surface area contributed by atoms with Crippen LogP contribution in [0.4, 0.5) is 0 Å². The smallest absolute Gasteiger partial charge is 0.0655 e. The van der Waals surface area contributed by atoms with E-state index in [1.165, 1.54) is 89.9 Å². The quantitative estimate of drug-likeness (QED) is 0.497. The first kappa shape index (κ1) is 16.5. The van der Waals surface area contributed by atoms with Crippen molar-refractivity contribution >= 4 is 0 Å². The molecule has 0 spiro atoms. The Bertz CT molecular complexity index is 210. The first-order chi connectivity index (χ1) is 9.43. The summed E-state index contributed by atoms with van der Waals surface area (Å²) in [5.74, 6) is 0.343. The Hall–Kier alpha value is -0.510. The van der Waals surface area contributed by atoms with Crippen molar-refractivity contribution in [3.05, 3.63) is 0 Å². The first-order valence-corrected chi connectivity index (χ1v) is 8.83. The second-order valence-corrected chi connectivity index (χ2v) is 6.35. The zero-order valence-electron chi connectivity index (χ0n) is 12.8. The van der Waals surface area contributed by atoms with Crippen molar-refractivity contribution in [2.45, 2.75) is 103 Å². The van der Waals surface area contributed by atoms with E-state index in [4.69, 9.17) is 5.26 Å². The lowest BCUT2D eigenvalue weighted by Crippen LogP contribution is -1.97. The SMILES string of the molecule is N#CC1CCCCCCCCCCCCCCCC1. The maximum Gasteiger partial charge on any atom is 0.0655 e. The van der Waals surface area contributed by atoms with Crippen LogP contribution in [0.1, 0.15) is 103 Å². The number of nitrogens with zero attached hydrogens (tertiary/aromatic N) is 1. The highest BCUT2D eigenvalue weighted by molar-refractivity contribution is 4.82. The standard InChI is InChI=1S/C18H33N/c19-17-18-15-13-11-9-7-5-3-1-2-4-6-8-10-12-14-16-18/h18H,1-16H2. The normalized spacial score (nSPS) is 23.3. The molecule has 0 unspecified atom stereocenters. The van der Waals surface area contributed by atoms with Gasteiger partial charge in [-0.25, -0.2) is 0 Å². The molecule has 1 fully saturated rings. The predicted molar refractivity (Wildman–Crippen MR) is 83.0 cm³/mol. The Morgan fingerprint density at radius 1 is 0.474 bits per heavy atom. The molecule has 0 N–H and O–H groups in total. The molecule has 1 aliphatic rings. The molecule has 1 nitrogen and oxygen atoms in total. The Morgan fingerprint density at radius 2 is 0.737 bits per heavy atom. The van der Waals surface area contributed by atoms with Gasteiger partial charge < -0.3 is 0 Å². The van der Waals surface area contributed by atoms with Crippen molar-refractivity contribution in [2.75, 3.05) is 0 Å². The molecule has 110 valence electrons. The third kappa shape index (κ3) is 10.00. The van der Waals surface area contributed by atoms with Crippen LogP contribution in [-0.4, -0.2) is 0 Å². The Balaban J connectivity index is 2.18. The molecule has 0 saturated heterocycles. The van der Waals surface area contributed by atoms with E-state index < -0.39 is 0 Å². The largest absolute Gasteiger partial charge is 0.198 e. The summed E-state index contributed by atoms with van der Waals surface area (Å²) in [4.78, 5) is 0. The van der Waals surface area contributed by atoms with Crippen LogP contribution in [0.2, 0.25) is 0 Å². The summed E-state index contributed by atoms with van der Waals surface area (Å²) in [5, 5.41) is 9.17. The van der Waals surface area contributed by atoms with Gasteiger partial charge in [-0.05, 0) is 12.8 Å². The molecule has 0 bridgehead atoms. The molecule has 0 aromatic rings. The van der Waals surface area contributed by atoms with E-state index in [1.54, 1.807) is 0 Å². The molecule has 1 aliphatic carbocycles. The second-order valence-electron chi connectivity index (χ2n) is 6.35. The molecular formula is C18H33N. The van der Waals surface area contributed by atoms with Gasteiger partial charge in [0.2, 0.25) is 0 Å². The maximum absolute atomic E-state index is 9.17. The van der Waals surface area contributed by atoms with Gasteiger partial charge >= 0.3 is 0 Å². The molecule has 0 aromatic carbocycles. The van der Waals surface area contributed by atoms with Crippen LogP contribution in [0.3, 0.4) is 0 Å². The molecule has 0 aromatic heterocycles. The van der Waals surface area contributed by atoms with Gasteiger partial charge in [0.05, 0.1) is 6.07 Å². The van der Waals surface area contributed by atoms with Gasteiger partial charge in [0.25, 0.3) is 0 Å². The van der Waals surface area contributed by atoms with Crippen LogP contribution < -0.4 is 0 Å². The van der Waals surface area contributed by atoms with E-state index in [-0.39, 0.29) is 0 Å². The van der Waals surface area contributed by atoms with Gasteiger partial charge in [-0.15, -0.1) is 0 Å². The highest BCUT2D eigenvalue weighted by Crippen LogP contribution is 2.19. The topological polar surface area (TPSA) is 23.8 Å². The molecule has 0 heterocycles. The van der Waals surface area contributed by atoms with Crippen molar-refractivity contribution < 1.29 is 0 Å².